The summed E-state index contributed by atoms with van der Waals surface area (Å²) in [6.07, 6.45) is 2.84. The van der Waals surface area contributed by atoms with Crippen molar-refractivity contribution in [2.75, 3.05) is 11.1 Å². The summed E-state index contributed by atoms with van der Waals surface area (Å²) >= 11 is 0. The fraction of sp³-hybridized carbons (Fsp3) is 0.412. The van der Waals surface area contributed by atoms with Crippen molar-refractivity contribution in [1.29, 1.82) is 0 Å². The summed E-state index contributed by atoms with van der Waals surface area (Å²) < 4.78 is 0. The lowest BCUT2D eigenvalue weighted by atomic mass is 10.0. The van der Waals surface area contributed by atoms with Gasteiger partial charge in [-0.1, -0.05) is 44.2 Å². The van der Waals surface area contributed by atoms with Crippen LogP contribution >= 0.6 is 0 Å². The Labute approximate surface area is 126 Å². The number of aromatic nitrogens is 2. The molecule has 3 N–H and O–H groups in total. The van der Waals surface area contributed by atoms with E-state index < -0.39 is 0 Å². The van der Waals surface area contributed by atoms with Crippen molar-refractivity contribution in [2.24, 2.45) is 0 Å². The van der Waals surface area contributed by atoms with Crippen LogP contribution in [0.3, 0.4) is 0 Å². The molecule has 0 aliphatic heterocycles. The van der Waals surface area contributed by atoms with E-state index in [0.717, 1.165) is 36.5 Å². The standard InChI is InChI=1S/C17H24N4/c1-4-9-15-20-16(18)12(3)17(21-15)19-14(5-2)13-10-7-6-8-11-13/h6-8,10-11,14H,4-5,9H2,1-3H3,(H3,18,19,20,21). The smallest absolute Gasteiger partial charge is 0.135 e. The summed E-state index contributed by atoms with van der Waals surface area (Å²) in [5.74, 6) is 2.23. The van der Waals surface area contributed by atoms with E-state index in [4.69, 9.17) is 5.73 Å². The topological polar surface area (TPSA) is 63.8 Å². The number of benzene rings is 1. The highest BCUT2D eigenvalue weighted by molar-refractivity contribution is 5.55. The van der Waals surface area contributed by atoms with Gasteiger partial charge in [0.1, 0.15) is 17.5 Å². The molecule has 0 bridgehead atoms. The predicted molar refractivity (Wildman–Crippen MR) is 88.3 cm³/mol. The number of hydrogen-bond acceptors (Lipinski definition) is 4. The zero-order valence-corrected chi connectivity index (χ0v) is 13.1. The Morgan fingerprint density at radius 2 is 1.86 bits per heavy atom. The quantitative estimate of drug-likeness (QED) is 0.845. The number of nitrogens with two attached hydrogens (primary N) is 1. The fourth-order valence-corrected chi connectivity index (χ4v) is 2.33. The van der Waals surface area contributed by atoms with Gasteiger partial charge >= 0.3 is 0 Å². The van der Waals surface area contributed by atoms with Crippen molar-refractivity contribution in [2.45, 2.75) is 46.1 Å². The van der Waals surface area contributed by atoms with Gasteiger partial charge in [-0.2, -0.15) is 0 Å². The van der Waals surface area contributed by atoms with E-state index in [0.29, 0.717) is 5.82 Å². The number of nitrogens with one attached hydrogen (secondary N) is 1. The minimum Gasteiger partial charge on any atom is -0.383 e. The Morgan fingerprint density at radius 3 is 2.48 bits per heavy atom. The second-order valence-corrected chi connectivity index (χ2v) is 5.26. The highest BCUT2D eigenvalue weighted by Gasteiger charge is 2.14. The molecule has 4 nitrogen and oxygen atoms in total. The van der Waals surface area contributed by atoms with E-state index in [2.05, 4.69) is 53.4 Å². The molecule has 2 rings (SSSR count). The zero-order chi connectivity index (χ0) is 15.2. The molecule has 0 spiro atoms. The lowest BCUT2D eigenvalue weighted by Gasteiger charge is -2.20. The highest BCUT2D eigenvalue weighted by Crippen LogP contribution is 2.25. The Bertz CT molecular complexity index is 581. The van der Waals surface area contributed by atoms with Gasteiger partial charge in [0.2, 0.25) is 0 Å². The second-order valence-electron chi connectivity index (χ2n) is 5.26. The summed E-state index contributed by atoms with van der Waals surface area (Å²) in [6, 6.07) is 10.6. The Kier molecular flexibility index (Phi) is 5.14. The molecule has 0 aliphatic carbocycles. The van der Waals surface area contributed by atoms with Crippen molar-refractivity contribution in [3.05, 3.63) is 47.3 Å². The Balaban J connectivity index is 2.28. The summed E-state index contributed by atoms with van der Waals surface area (Å²) in [6.45, 7) is 6.24. The third-order valence-corrected chi connectivity index (χ3v) is 3.62. The van der Waals surface area contributed by atoms with Crippen LogP contribution in [0.2, 0.25) is 0 Å². The minimum absolute atomic E-state index is 0.230. The minimum atomic E-state index is 0.230. The first-order chi connectivity index (χ1) is 10.2. The van der Waals surface area contributed by atoms with E-state index in [1.807, 2.05) is 13.0 Å². The van der Waals surface area contributed by atoms with Crippen LogP contribution in [0.1, 0.15) is 49.7 Å². The number of aryl methyl sites for hydroxylation is 1. The van der Waals surface area contributed by atoms with Crippen LogP contribution < -0.4 is 11.1 Å². The summed E-state index contributed by atoms with van der Waals surface area (Å²) in [4.78, 5) is 8.99. The molecule has 0 saturated carbocycles. The van der Waals surface area contributed by atoms with Gasteiger partial charge in [0.05, 0.1) is 6.04 Å². The lowest BCUT2D eigenvalue weighted by Crippen LogP contribution is -2.14. The SMILES string of the molecule is CCCc1nc(N)c(C)c(NC(CC)c2ccccc2)n1. The molecule has 0 saturated heterocycles. The zero-order valence-electron chi connectivity index (χ0n) is 13.1. The number of nitrogen functional groups attached to an aromatic ring is 1. The number of nitrogens with zero attached hydrogens (tertiary/aromatic N) is 2. The first-order valence-corrected chi connectivity index (χ1v) is 7.60. The molecule has 4 heteroatoms. The maximum absolute atomic E-state index is 6.02. The molecule has 2 aromatic rings. The van der Waals surface area contributed by atoms with E-state index in [9.17, 15) is 0 Å². The first kappa shape index (κ1) is 15.3. The average Bonchev–Trinajstić information content (AvgIpc) is 2.50. The van der Waals surface area contributed by atoms with Crippen LogP contribution in [0.25, 0.3) is 0 Å². The van der Waals surface area contributed by atoms with Crippen molar-refractivity contribution in [3.8, 4) is 0 Å². The molecule has 1 aromatic carbocycles. The Hall–Kier alpha value is -2.10. The molecule has 0 fully saturated rings. The molecule has 1 heterocycles. The summed E-state index contributed by atoms with van der Waals surface area (Å²) in [5.41, 5.74) is 8.20. The van der Waals surface area contributed by atoms with Gasteiger partial charge in [-0.3, -0.25) is 0 Å². The van der Waals surface area contributed by atoms with E-state index in [-0.39, 0.29) is 6.04 Å². The Morgan fingerprint density at radius 1 is 1.14 bits per heavy atom. The van der Waals surface area contributed by atoms with Crippen LogP contribution in [-0.4, -0.2) is 9.97 Å². The molecule has 1 aromatic heterocycles. The largest absolute Gasteiger partial charge is 0.383 e. The molecule has 0 amide bonds. The van der Waals surface area contributed by atoms with Crippen LogP contribution in [0.4, 0.5) is 11.6 Å². The molecule has 1 unspecified atom stereocenters. The molecule has 0 aliphatic rings. The van der Waals surface area contributed by atoms with Gasteiger partial charge in [0.15, 0.2) is 0 Å². The van der Waals surface area contributed by atoms with Crippen LogP contribution in [0, 0.1) is 6.92 Å². The van der Waals surface area contributed by atoms with Crippen LogP contribution in [0.15, 0.2) is 30.3 Å². The van der Waals surface area contributed by atoms with E-state index >= 15 is 0 Å². The molecular weight excluding hydrogens is 260 g/mol. The molecule has 112 valence electrons. The molecular formula is C17H24N4. The predicted octanol–water partition coefficient (Wildman–Crippen LogP) is 3.88. The second kappa shape index (κ2) is 7.07. The first-order valence-electron chi connectivity index (χ1n) is 7.60. The van der Waals surface area contributed by atoms with Crippen molar-refractivity contribution in [3.63, 3.8) is 0 Å². The third-order valence-electron chi connectivity index (χ3n) is 3.62. The number of anilines is 2. The van der Waals surface area contributed by atoms with Gasteiger partial charge in [-0.15, -0.1) is 0 Å². The molecule has 21 heavy (non-hydrogen) atoms. The lowest BCUT2D eigenvalue weighted by molar-refractivity contribution is 0.737. The van der Waals surface area contributed by atoms with Gasteiger partial charge in [-0.05, 0) is 25.3 Å². The van der Waals surface area contributed by atoms with Crippen molar-refractivity contribution < 1.29 is 0 Å². The van der Waals surface area contributed by atoms with Gasteiger partial charge in [0, 0.05) is 12.0 Å². The van der Waals surface area contributed by atoms with Gasteiger partial charge < -0.3 is 11.1 Å². The maximum atomic E-state index is 6.02. The average molecular weight is 284 g/mol. The number of rotatable bonds is 6. The normalized spacial score (nSPS) is 12.1. The van der Waals surface area contributed by atoms with Gasteiger partial charge in [0.25, 0.3) is 0 Å². The molecule has 1 atom stereocenters. The highest BCUT2D eigenvalue weighted by atomic mass is 15.1. The maximum Gasteiger partial charge on any atom is 0.135 e. The number of hydrogen-bond donors (Lipinski definition) is 2. The van der Waals surface area contributed by atoms with Crippen molar-refractivity contribution >= 4 is 11.6 Å². The van der Waals surface area contributed by atoms with Crippen LogP contribution in [0.5, 0.6) is 0 Å². The fourth-order valence-electron chi connectivity index (χ4n) is 2.33. The summed E-state index contributed by atoms with van der Waals surface area (Å²) in [5, 5.41) is 3.52. The third kappa shape index (κ3) is 3.72. The van der Waals surface area contributed by atoms with Crippen LogP contribution in [-0.2, 0) is 6.42 Å². The summed E-state index contributed by atoms with van der Waals surface area (Å²) in [7, 11) is 0. The van der Waals surface area contributed by atoms with Crippen molar-refractivity contribution in [1.82, 2.24) is 9.97 Å². The molecule has 0 radical (unpaired) electrons. The monoisotopic (exact) mass is 284 g/mol. The van der Waals surface area contributed by atoms with E-state index in [1.54, 1.807) is 0 Å². The van der Waals surface area contributed by atoms with Gasteiger partial charge in [-0.25, -0.2) is 9.97 Å². The van der Waals surface area contributed by atoms with E-state index in [1.165, 1.54) is 5.56 Å².